The Bertz CT molecular complexity index is 2240. The molecule has 47 heavy (non-hydrogen) atoms. The van der Waals surface area contributed by atoms with E-state index in [1.807, 2.05) is 36.4 Å². The summed E-state index contributed by atoms with van der Waals surface area (Å²) in [7, 11) is 1.21. The molecule has 13 nitrogen and oxygen atoms in total. The normalized spacial score (nSPS) is 14.5. The summed E-state index contributed by atoms with van der Waals surface area (Å²) in [6.45, 7) is 3.41. The third-order valence-electron chi connectivity index (χ3n) is 7.50. The van der Waals surface area contributed by atoms with Crippen molar-refractivity contribution in [1.82, 2.24) is 14.7 Å². The van der Waals surface area contributed by atoms with Gasteiger partial charge in [-0.15, -0.1) is 0 Å². The second-order valence-electron chi connectivity index (χ2n) is 10.7. The number of rotatable bonds is 7. The number of hydrogen-bond acceptors (Lipinski definition) is 12. The average Bonchev–Trinajstić information content (AvgIpc) is 3.73. The highest BCUT2D eigenvalue weighted by Crippen LogP contribution is 2.30. The summed E-state index contributed by atoms with van der Waals surface area (Å²) < 4.78 is 17.3. The molecule has 0 amide bonds. The second kappa shape index (κ2) is 12.1. The molecule has 0 spiro atoms. The zero-order valence-corrected chi connectivity index (χ0v) is 25.3. The fraction of sp³-hybridized carbons (Fsp3) is 0.147. The van der Waals surface area contributed by atoms with Crippen LogP contribution in [0.5, 0.6) is 5.75 Å². The van der Waals surface area contributed by atoms with E-state index in [9.17, 15) is 14.4 Å². The molecule has 1 saturated heterocycles. The van der Waals surface area contributed by atoms with Gasteiger partial charge in [-0.2, -0.15) is 9.87 Å². The number of carbonyl (C=O) groups excluding carboxylic acids is 2. The Labute approximate surface area is 266 Å². The van der Waals surface area contributed by atoms with Gasteiger partial charge in [0.1, 0.15) is 5.56 Å². The molecule has 2 aromatic heterocycles. The highest BCUT2D eigenvalue weighted by molar-refractivity contribution is 5.98. The zero-order chi connectivity index (χ0) is 32.7. The van der Waals surface area contributed by atoms with Crippen molar-refractivity contribution in [2.75, 3.05) is 12.3 Å². The summed E-state index contributed by atoms with van der Waals surface area (Å²) in [6, 6.07) is 24.3. The minimum absolute atomic E-state index is 0.0401. The minimum Gasteiger partial charge on any atom is -0.465 e. The van der Waals surface area contributed by atoms with Crippen LogP contribution in [-0.2, 0) is 26.0 Å². The van der Waals surface area contributed by atoms with Gasteiger partial charge in [0.15, 0.2) is 5.75 Å². The zero-order valence-electron chi connectivity index (χ0n) is 25.3. The molecule has 1 aliphatic heterocycles. The summed E-state index contributed by atoms with van der Waals surface area (Å²) in [5, 5.41) is 7.34. The van der Waals surface area contributed by atoms with E-state index in [2.05, 4.69) is 10.1 Å². The first-order valence-electron chi connectivity index (χ1n) is 14.5. The van der Waals surface area contributed by atoms with Gasteiger partial charge >= 0.3 is 11.9 Å². The number of para-hydroxylation sites is 1. The predicted octanol–water partition coefficient (Wildman–Crippen LogP) is 5.53. The minimum atomic E-state index is -0.785. The van der Waals surface area contributed by atoms with E-state index in [-0.39, 0.29) is 23.4 Å². The van der Waals surface area contributed by atoms with Crippen LogP contribution in [0.15, 0.2) is 94.2 Å². The maximum Gasteiger partial charge on any atom is 0.343 e. The SMILES string of the molecule is COC(=O)c1cc2cccc(OC(=O)c3cccc(-c4noc(C)n4)c3)c2n(Cc2ccc3ccc(N4OOC(C)O4)cc3c2)c1=O. The van der Waals surface area contributed by atoms with Crippen molar-refractivity contribution in [3.05, 3.63) is 118 Å². The Morgan fingerprint density at radius 2 is 1.74 bits per heavy atom. The molecule has 0 radical (unpaired) electrons. The Kier molecular flexibility index (Phi) is 7.69. The molecule has 4 aromatic carbocycles. The number of esters is 2. The number of anilines is 1. The van der Waals surface area contributed by atoms with E-state index >= 15 is 0 Å². The molecule has 1 unspecified atom stereocenters. The molecule has 1 fully saturated rings. The van der Waals surface area contributed by atoms with Gasteiger partial charge in [0.2, 0.25) is 18.0 Å². The third kappa shape index (κ3) is 5.81. The third-order valence-corrected chi connectivity index (χ3v) is 7.50. The molecule has 236 valence electrons. The number of carbonyl (C=O) groups is 2. The molecule has 7 rings (SSSR count). The Hall–Kier alpha value is -5.89. The van der Waals surface area contributed by atoms with E-state index < -0.39 is 23.8 Å². The number of methoxy groups -OCH3 is 1. The fourth-order valence-electron chi connectivity index (χ4n) is 5.31. The monoisotopic (exact) mass is 634 g/mol. The van der Waals surface area contributed by atoms with Crippen molar-refractivity contribution < 1.29 is 38.3 Å². The summed E-state index contributed by atoms with van der Waals surface area (Å²) in [6.07, 6.45) is -0.568. The van der Waals surface area contributed by atoms with Crippen LogP contribution in [0.25, 0.3) is 33.1 Å². The van der Waals surface area contributed by atoms with Crippen molar-refractivity contribution in [2.24, 2.45) is 0 Å². The average molecular weight is 635 g/mol. The quantitative estimate of drug-likeness (QED) is 0.124. The molecule has 1 aliphatic rings. The molecule has 13 heteroatoms. The van der Waals surface area contributed by atoms with E-state index in [0.29, 0.717) is 33.9 Å². The van der Waals surface area contributed by atoms with Crippen LogP contribution >= 0.6 is 0 Å². The van der Waals surface area contributed by atoms with E-state index in [1.165, 1.54) is 23.0 Å². The Morgan fingerprint density at radius 3 is 2.51 bits per heavy atom. The van der Waals surface area contributed by atoms with Gasteiger partial charge in [-0.05, 0) is 65.7 Å². The van der Waals surface area contributed by atoms with E-state index in [0.717, 1.165) is 16.3 Å². The van der Waals surface area contributed by atoms with Crippen LogP contribution in [0.3, 0.4) is 0 Å². The first-order valence-corrected chi connectivity index (χ1v) is 14.5. The maximum absolute atomic E-state index is 13.9. The second-order valence-corrected chi connectivity index (χ2v) is 10.7. The first kappa shape index (κ1) is 29.8. The van der Waals surface area contributed by atoms with Crippen molar-refractivity contribution in [1.29, 1.82) is 0 Å². The fourth-order valence-corrected chi connectivity index (χ4v) is 5.31. The number of nitrogens with zero attached hydrogens (tertiary/aromatic N) is 4. The predicted molar refractivity (Wildman–Crippen MR) is 167 cm³/mol. The summed E-state index contributed by atoms with van der Waals surface area (Å²) in [4.78, 5) is 59.8. The molecule has 1 atom stereocenters. The van der Waals surface area contributed by atoms with Crippen LogP contribution in [0.1, 0.15) is 39.1 Å². The Morgan fingerprint density at radius 1 is 0.915 bits per heavy atom. The lowest BCUT2D eigenvalue weighted by atomic mass is 10.1. The number of pyridine rings is 1. The number of aromatic nitrogens is 3. The molecule has 0 saturated carbocycles. The van der Waals surface area contributed by atoms with Gasteiger partial charge in [0.05, 0.1) is 30.4 Å². The maximum atomic E-state index is 13.9. The lowest BCUT2D eigenvalue weighted by Gasteiger charge is -2.16. The number of ether oxygens (including phenoxy) is 2. The molecular weight excluding hydrogens is 608 g/mol. The number of benzene rings is 4. The van der Waals surface area contributed by atoms with Crippen molar-refractivity contribution in [3.8, 4) is 17.1 Å². The number of hydrogen-bond donors (Lipinski definition) is 0. The van der Waals surface area contributed by atoms with Crippen LogP contribution in [0.4, 0.5) is 5.69 Å². The van der Waals surface area contributed by atoms with Crippen LogP contribution in [0, 0.1) is 6.92 Å². The lowest BCUT2D eigenvalue weighted by molar-refractivity contribution is -0.280. The molecule has 6 aromatic rings. The molecule has 3 heterocycles. The van der Waals surface area contributed by atoms with Crippen LogP contribution < -0.4 is 15.5 Å². The first-order chi connectivity index (χ1) is 22.8. The van der Waals surface area contributed by atoms with Gasteiger partial charge in [-0.1, -0.05) is 57.8 Å². The van der Waals surface area contributed by atoms with Crippen molar-refractivity contribution in [2.45, 2.75) is 26.7 Å². The summed E-state index contributed by atoms with van der Waals surface area (Å²) in [5.41, 5.74) is 1.69. The van der Waals surface area contributed by atoms with E-state index in [1.54, 1.807) is 56.3 Å². The lowest BCUT2D eigenvalue weighted by Crippen LogP contribution is -2.28. The molecule has 0 N–H and O–H groups in total. The highest BCUT2D eigenvalue weighted by Gasteiger charge is 2.24. The Balaban J connectivity index is 1.28. The smallest absolute Gasteiger partial charge is 0.343 e. The molecule has 0 bridgehead atoms. The number of fused-ring (bicyclic) bond motifs is 2. The van der Waals surface area contributed by atoms with Crippen LogP contribution in [-0.4, -0.2) is 40.0 Å². The van der Waals surface area contributed by atoms with Crippen molar-refractivity contribution in [3.63, 3.8) is 0 Å². The van der Waals surface area contributed by atoms with Crippen molar-refractivity contribution >= 4 is 39.3 Å². The van der Waals surface area contributed by atoms with Gasteiger partial charge < -0.3 is 14.0 Å². The summed E-state index contributed by atoms with van der Waals surface area (Å²) >= 11 is 0. The van der Waals surface area contributed by atoms with Gasteiger partial charge in [0.25, 0.3) is 5.56 Å². The van der Waals surface area contributed by atoms with Crippen LogP contribution in [0.2, 0.25) is 0 Å². The van der Waals surface area contributed by atoms with Gasteiger partial charge in [-0.3, -0.25) is 9.36 Å². The van der Waals surface area contributed by atoms with Gasteiger partial charge in [-0.25, -0.2) is 14.4 Å². The standard InChI is InChI=1S/C34H26N4O9/c1-19-35-31(36-44-19)24-7-4-8-25(15-24)33(40)43-29-9-5-6-23-17-28(34(41)42-3)32(39)37(30(23)29)18-21-10-11-22-12-13-27(16-26(22)14-21)38-45-20(2)46-47-38/h4-17,20H,18H2,1-3H3. The largest absolute Gasteiger partial charge is 0.465 e. The molecule has 0 aliphatic carbocycles. The van der Waals surface area contributed by atoms with E-state index in [4.69, 9.17) is 28.7 Å². The summed E-state index contributed by atoms with van der Waals surface area (Å²) in [5.74, 6) is -0.608. The number of aryl methyl sites for hydroxylation is 1. The molecular formula is C34H26N4O9. The highest BCUT2D eigenvalue weighted by atomic mass is 17.4. The van der Waals surface area contributed by atoms with Gasteiger partial charge in [0, 0.05) is 17.9 Å². The topological polar surface area (TPSA) is 144 Å².